The van der Waals surface area contributed by atoms with Gasteiger partial charge in [-0.15, -0.1) is 0 Å². The summed E-state index contributed by atoms with van der Waals surface area (Å²) < 4.78 is 68.9. The average molecular weight is 565 g/mol. The number of hydrogen-bond acceptors (Lipinski definition) is 2. The van der Waals surface area contributed by atoms with Crippen LogP contribution in [0.3, 0.4) is 0 Å². The smallest absolute Gasteiger partial charge is 0.416 e. The summed E-state index contributed by atoms with van der Waals surface area (Å²) in [7, 11) is 0. The summed E-state index contributed by atoms with van der Waals surface area (Å²) in [6.45, 7) is 0.218. The third-order valence-electron chi connectivity index (χ3n) is 6.63. The molecule has 0 atom stereocenters. The molecular weight excluding hydrogens is 543 g/mol. The molecule has 5 nitrogen and oxygen atoms in total. The molecule has 0 unspecified atom stereocenters. The van der Waals surface area contributed by atoms with E-state index in [9.17, 15) is 31.5 Å². The number of halogens is 5. The van der Waals surface area contributed by atoms with Crippen molar-refractivity contribution in [2.75, 3.05) is 0 Å². The standard InChI is InChI=1S/C31H21F5N2O3/c32-23-13-21(14-24(33)15-23)25-9-10-27(29(39)37-16-18-1-5-20(6-2-18)30(40)41)28-26(25)11-12-38(28)17-19-3-7-22(8-4-19)31(34,35)36/h1-15H,16-17H2,(H,37,39)(H,40,41). The fourth-order valence-corrected chi connectivity index (χ4v) is 4.64. The summed E-state index contributed by atoms with van der Waals surface area (Å²) in [6, 6.07) is 18.5. The summed E-state index contributed by atoms with van der Waals surface area (Å²) in [5, 5.41) is 12.4. The average Bonchev–Trinajstić information content (AvgIpc) is 3.34. The Bertz CT molecular complexity index is 1740. The van der Waals surface area contributed by atoms with E-state index in [0.717, 1.165) is 18.2 Å². The number of carbonyl (C=O) groups excluding carboxylic acids is 1. The third-order valence-corrected chi connectivity index (χ3v) is 6.63. The minimum atomic E-state index is -4.48. The molecule has 0 aliphatic carbocycles. The van der Waals surface area contributed by atoms with Crippen molar-refractivity contribution in [3.05, 3.63) is 131 Å². The summed E-state index contributed by atoms with van der Waals surface area (Å²) in [4.78, 5) is 24.4. The highest BCUT2D eigenvalue weighted by Gasteiger charge is 2.30. The highest BCUT2D eigenvalue weighted by atomic mass is 19.4. The zero-order valence-corrected chi connectivity index (χ0v) is 21.2. The van der Waals surface area contributed by atoms with Crippen LogP contribution in [0.4, 0.5) is 22.0 Å². The summed E-state index contributed by atoms with van der Waals surface area (Å²) >= 11 is 0. The van der Waals surface area contributed by atoms with Crippen molar-refractivity contribution in [2.24, 2.45) is 0 Å². The number of nitrogens with one attached hydrogen (secondary N) is 1. The fraction of sp³-hybridized carbons (Fsp3) is 0.0968. The largest absolute Gasteiger partial charge is 0.478 e. The van der Waals surface area contributed by atoms with E-state index in [-0.39, 0.29) is 29.8 Å². The molecule has 5 aromatic rings. The zero-order valence-electron chi connectivity index (χ0n) is 21.2. The van der Waals surface area contributed by atoms with E-state index in [1.807, 2.05) is 0 Å². The number of carbonyl (C=O) groups is 2. The molecule has 10 heteroatoms. The molecule has 41 heavy (non-hydrogen) atoms. The lowest BCUT2D eigenvalue weighted by atomic mass is 9.98. The second-order valence-corrected chi connectivity index (χ2v) is 9.40. The van der Waals surface area contributed by atoms with Crippen molar-refractivity contribution >= 4 is 22.8 Å². The first-order valence-corrected chi connectivity index (χ1v) is 12.3. The third kappa shape index (κ3) is 5.96. The molecule has 1 heterocycles. The molecule has 0 saturated carbocycles. The van der Waals surface area contributed by atoms with Crippen molar-refractivity contribution < 1.29 is 36.6 Å². The van der Waals surface area contributed by atoms with Crippen LogP contribution in [0.1, 0.15) is 37.4 Å². The second kappa shape index (κ2) is 10.9. The van der Waals surface area contributed by atoms with Crippen LogP contribution in [0.15, 0.2) is 91.1 Å². The molecule has 0 saturated heterocycles. The number of alkyl halides is 3. The Balaban J connectivity index is 1.53. The number of hydrogen-bond donors (Lipinski definition) is 2. The number of aromatic carboxylic acids is 1. The maximum Gasteiger partial charge on any atom is 0.416 e. The van der Waals surface area contributed by atoms with Crippen molar-refractivity contribution in [1.29, 1.82) is 0 Å². The van der Waals surface area contributed by atoms with Crippen LogP contribution in [-0.4, -0.2) is 21.6 Å². The van der Waals surface area contributed by atoms with Crippen LogP contribution in [0.25, 0.3) is 22.0 Å². The van der Waals surface area contributed by atoms with E-state index in [0.29, 0.717) is 27.6 Å². The van der Waals surface area contributed by atoms with E-state index in [2.05, 4.69) is 5.32 Å². The highest BCUT2D eigenvalue weighted by Crippen LogP contribution is 2.34. The van der Waals surface area contributed by atoms with Crippen LogP contribution in [-0.2, 0) is 19.3 Å². The van der Waals surface area contributed by atoms with Crippen molar-refractivity contribution in [1.82, 2.24) is 9.88 Å². The molecule has 1 aromatic heterocycles. The number of nitrogens with zero attached hydrogens (tertiary/aromatic N) is 1. The second-order valence-electron chi connectivity index (χ2n) is 9.40. The van der Waals surface area contributed by atoms with Gasteiger partial charge in [-0.25, -0.2) is 13.6 Å². The number of carboxylic acids is 1. The van der Waals surface area contributed by atoms with Gasteiger partial charge in [-0.05, 0) is 70.8 Å². The number of aromatic nitrogens is 1. The fourth-order valence-electron chi connectivity index (χ4n) is 4.64. The van der Waals surface area contributed by atoms with E-state index in [4.69, 9.17) is 5.11 Å². The van der Waals surface area contributed by atoms with Crippen LogP contribution >= 0.6 is 0 Å². The van der Waals surface area contributed by atoms with Crippen LogP contribution < -0.4 is 5.32 Å². The van der Waals surface area contributed by atoms with Gasteiger partial charge in [0.15, 0.2) is 0 Å². The molecule has 208 valence electrons. The van der Waals surface area contributed by atoms with Crippen molar-refractivity contribution in [2.45, 2.75) is 19.3 Å². The van der Waals surface area contributed by atoms with Gasteiger partial charge in [0.2, 0.25) is 0 Å². The minimum absolute atomic E-state index is 0.0939. The first-order chi connectivity index (χ1) is 19.5. The topological polar surface area (TPSA) is 71.3 Å². The van der Waals surface area contributed by atoms with Gasteiger partial charge in [0, 0.05) is 30.7 Å². The first-order valence-electron chi connectivity index (χ1n) is 12.3. The van der Waals surface area contributed by atoms with Crippen molar-refractivity contribution in [3.63, 3.8) is 0 Å². The Morgan fingerprint density at radius 2 is 1.44 bits per heavy atom. The predicted octanol–water partition coefficient (Wildman–Crippen LogP) is 7.28. The van der Waals surface area contributed by atoms with Crippen LogP contribution in [0.5, 0.6) is 0 Å². The lowest BCUT2D eigenvalue weighted by Crippen LogP contribution is -2.23. The maximum atomic E-state index is 14.0. The molecule has 5 rings (SSSR count). The Kier molecular flexibility index (Phi) is 7.32. The Morgan fingerprint density at radius 3 is 2.05 bits per heavy atom. The number of fused-ring (bicyclic) bond motifs is 1. The quantitative estimate of drug-likeness (QED) is 0.204. The molecule has 0 bridgehead atoms. The van der Waals surface area contributed by atoms with Gasteiger partial charge in [-0.3, -0.25) is 4.79 Å². The SMILES string of the molecule is O=C(O)c1ccc(CNC(=O)c2ccc(-c3cc(F)cc(F)c3)c3ccn(Cc4ccc(C(F)(F)F)cc4)c23)cc1. The summed E-state index contributed by atoms with van der Waals surface area (Å²) in [6.07, 6.45) is -2.82. The molecule has 0 radical (unpaired) electrons. The number of benzene rings is 4. The number of carboxylic acid groups (broad SMARTS) is 1. The van der Waals surface area contributed by atoms with Crippen LogP contribution in [0.2, 0.25) is 0 Å². The molecule has 0 spiro atoms. The van der Waals surface area contributed by atoms with E-state index >= 15 is 0 Å². The molecule has 4 aromatic carbocycles. The lowest BCUT2D eigenvalue weighted by Gasteiger charge is -2.14. The summed E-state index contributed by atoms with van der Waals surface area (Å²) in [5.74, 6) is -3.09. The molecule has 2 N–H and O–H groups in total. The molecule has 1 amide bonds. The lowest BCUT2D eigenvalue weighted by molar-refractivity contribution is -0.137. The van der Waals surface area contributed by atoms with Crippen LogP contribution in [0, 0.1) is 11.6 Å². The van der Waals surface area contributed by atoms with Gasteiger partial charge >= 0.3 is 12.1 Å². The van der Waals surface area contributed by atoms with Gasteiger partial charge in [0.05, 0.1) is 22.2 Å². The number of amides is 1. The Hall–Kier alpha value is -4.99. The Labute approximate surface area is 230 Å². The summed E-state index contributed by atoms with van der Waals surface area (Å²) in [5.41, 5.74) is 1.90. The molecular formula is C31H21F5N2O3. The Morgan fingerprint density at radius 1 is 0.805 bits per heavy atom. The minimum Gasteiger partial charge on any atom is -0.478 e. The van der Waals surface area contributed by atoms with Gasteiger partial charge in [-0.1, -0.05) is 30.3 Å². The first kappa shape index (κ1) is 27.6. The van der Waals surface area contributed by atoms with Gasteiger partial charge in [-0.2, -0.15) is 13.2 Å². The number of rotatable bonds is 7. The molecule has 0 aliphatic rings. The van der Waals surface area contributed by atoms with Crippen molar-refractivity contribution in [3.8, 4) is 11.1 Å². The van der Waals surface area contributed by atoms with Gasteiger partial charge in [0.1, 0.15) is 11.6 Å². The van der Waals surface area contributed by atoms with E-state index in [1.54, 1.807) is 35.0 Å². The maximum absolute atomic E-state index is 14.0. The van der Waals surface area contributed by atoms with Gasteiger partial charge in [0.25, 0.3) is 5.91 Å². The van der Waals surface area contributed by atoms with Gasteiger partial charge < -0.3 is 15.0 Å². The highest BCUT2D eigenvalue weighted by molar-refractivity contribution is 6.10. The molecule has 0 aliphatic heterocycles. The predicted molar refractivity (Wildman–Crippen MR) is 142 cm³/mol. The van der Waals surface area contributed by atoms with E-state index in [1.165, 1.54) is 42.5 Å². The normalized spacial score (nSPS) is 11.5. The molecule has 0 fully saturated rings. The van der Waals surface area contributed by atoms with E-state index < -0.39 is 35.3 Å². The monoisotopic (exact) mass is 564 g/mol. The zero-order chi connectivity index (χ0) is 29.3.